The van der Waals surface area contributed by atoms with Gasteiger partial charge < -0.3 is 9.64 Å². The van der Waals surface area contributed by atoms with E-state index in [1.54, 1.807) is 30.2 Å². The van der Waals surface area contributed by atoms with Crippen molar-refractivity contribution in [1.82, 2.24) is 19.4 Å². The molecule has 0 saturated carbocycles. The molecule has 0 unspecified atom stereocenters. The second-order valence-corrected chi connectivity index (χ2v) is 9.42. The van der Waals surface area contributed by atoms with Crippen LogP contribution in [0.25, 0.3) is 11.3 Å². The highest BCUT2D eigenvalue weighted by Crippen LogP contribution is 2.23. The number of hydrogen-bond acceptors (Lipinski definition) is 5. The quantitative estimate of drug-likeness (QED) is 0.631. The molecule has 1 aromatic heterocycles. The maximum atomic E-state index is 12.9. The van der Waals surface area contributed by atoms with E-state index in [-0.39, 0.29) is 23.9 Å². The van der Waals surface area contributed by atoms with Crippen molar-refractivity contribution in [2.24, 2.45) is 0 Å². The Hall–Kier alpha value is -2.88. The number of methoxy groups -OCH3 is 1. The fourth-order valence-electron chi connectivity index (χ4n) is 3.40. The third kappa shape index (κ3) is 4.43. The monoisotopic (exact) mass is 460 g/mol. The number of piperazine rings is 1. The molecule has 1 N–H and O–H groups in total. The van der Waals surface area contributed by atoms with Crippen molar-refractivity contribution in [2.45, 2.75) is 4.90 Å². The first-order valence-corrected chi connectivity index (χ1v) is 11.4. The first-order chi connectivity index (χ1) is 14.9. The number of carbonyl (C=O) groups excluding carboxylic acids is 1. The van der Waals surface area contributed by atoms with Gasteiger partial charge in [0.25, 0.3) is 5.91 Å². The Morgan fingerprint density at radius 1 is 1.03 bits per heavy atom. The molecular formula is C21H21ClN4O4S. The van der Waals surface area contributed by atoms with Crippen LogP contribution in [0.5, 0.6) is 5.75 Å². The van der Waals surface area contributed by atoms with Gasteiger partial charge in [-0.05, 0) is 54.6 Å². The van der Waals surface area contributed by atoms with Gasteiger partial charge in [0.2, 0.25) is 10.0 Å². The predicted octanol–water partition coefficient (Wildman–Crippen LogP) is 2.89. The smallest absolute Gasteiger partial charge is 0.271 e. The maximum Gasteiger partial charge on any atom is 0.271 e. The topological polar surface area (TPSA) is 95.6 Å². The van der Waals surface area contributed by atoms with E-state index in [1.165, 1.54) is 16.4 Å². The highest BCUT2D eigenvalue weighted by atomic mass is 35.5. The van der Waals surface area contributed by atoms with Gasteiger partial charge in [0.15, 0.2) is 0 Å². The summed E-state index contributed by atoms with van der Waals surface area (Å²) in [5.41, 5.74) is 1.87. The van der Waals surface area contributed by atoms with Gasteiger partial charge >= 0.3 is 0 Å². The largest absolute Gasteiger partial charge is 0.497 e. The highest BCUT2D eigenvalue weighted by Gasteiger charge is 2.31. The van der Waals surface area contributed by atoms with Crippen LogP contribution in [0.3, 0.4) is 0 Å². The van der Waals surface area contributed by atoms with Gasteiger partial charge in [-0.15, -0.1) is 0 Å². The number of hydrogen-bond donors (Lipinski definition) is 1. The van der Waals surface area contributed by atoms with E-state index in [4.69, 9.17) is 16.3 Å². The maximum absolute atomic E-state index is 12.9. The minimum atomic E-state index is -3.62. The van der Waals surface area contributed by atoms with E-state index in [0.717, 1.165) is 11.3 Å². The van der Waals surface area contributed by atoms with Crippen LogP contribution in [-0.4, -0.2) is 67.0 Å². The molecule has 0 radical (unpaired) electrons. The normalized spacial score (nSPS) is 15.1. The third-order valence-electron chi connectivity index (χ3n) is 5.17. The Kier molecular flexibility index (Phi) is 5.99. The molecular weight excluding hydrogens is 440 g/mol. The number of aromatic amines is 1. The Morgan fingerprint density at radius 2 is 1.68 bits per heavy atom. The van der Waals surface area contributed by atoms with Crippen molar-refractivity contribution in [3.8, 4) is 17.0 Å². The zero-order valence-corrected chi connectivity index (χ0v) is 18.4. The molecule has 4 rings (SSSR count). The SMILES string of the molecule is COc1ccc(-c2cc(C(=O)N3CCN(S(=O)(=O)c4ccc(Cl)cc4)CC3)[nH]n2)cc1. The van der Waals surface area contributed by atoms with E-state index in [9.17, 15) is 13.2 Å². The van der Waals surface area contributed by atoms with Crippen LogP contribution in [0, 0.1) is 0 Å². The van der Waals surface area contributed by atoms with Gasteiger partial charge in [-0.2, -0.15) is 9.40 Å². The van der Waals surface area contributed by atoms with Crippen LogP contribution in [-0.2, 0) is 10.0 Å². The van der Waals surface area contributed by atoms with Crippen molar-refractivity contribution in [1.29, 1.82) is 0 Å². The third-order valence-corrected chi connectivity index (χ3v) is 7.34. The van der Waals surface area contributed by atoms with Crippen LogP contribution in [0.1, 0.15) is 10.5 Å². The lowest BCUT2D eigenvalue weighted by atomic mass is 10.1. The molecule has 1 aliphatic heterocycles. The average Bonchev–Trinajstić information content (AvgIpc) is 3.29. The van der Waals surface area contributed by atoms with E-state index >= 15 is 0 Å². The number of H-pyrrole nitrogens is 1. The van der Waals surface area contributed by atoms with Crippen LogP contribution in [0.4, 0.5) is 0 Å². The van der Waals surface area contributed by atoms with E-state index in [2.05, 4.69) is 10.2 Å². The number of rotatable bonds is 5. The van der Waals surface area contributed by atoms with Gasteiger partial charge in [-0.3, -0.25) is 9.89 Å². The fourth-order valence-corrected chi connectivity index (χ4v) is 4.95. The van der Waals surface area contributed by atoms with Gasteiger partial charge in [-0.1, -0.05) is 11.6 Å². The summed E-state index contributed by atoms with van der Waals surface area (Å²) in [4.78, 5) is 14.7. The summed E-state index contributed by atoms with van der Waals surface area (Å²) in [6.45, 7) is 1.03. The molecule has 162 valence electrons. The van der Waals surface area contributed by atoms with Gasteiger partial charge in [0.1, 0.15) is 11.4 Å². The molecule has 2 heterocycles. The van der Waals surface area contributed by atoms with Crippen LogP contribution >= 0.6 is 11.6 Å². The summed E-state index contributed by atoms with van der Waals surface area (Å²) in [5.74, 6) is 0.526. The second-order valence-electron chi connectivity index (χ2n) is 7.05. The number of ether oxygens (including phenoxy) is 1. The lowest BCUT2D eigenvalue weighted by molar-refractivity contribution is 0.0692. The molecule has 2 aromatic carbocycles. The predicted molar refractivity (Wildman–Crippen MR) is 117 cm³/mol. The number of nitrogens with zero attached hydrogens (tertiary/aromatic N) is 3. The van der Waals surface area contributed by atoms with Crippen LogP contribution in [0.2, 0.25) is 5.02 Å². The zero-order chi connectivity index (χ0) is 22.0. The highest BCUT2D eigenvalue weighted by molar-refractivity contribution is 7.89. The Labute approximate surface area is 185 Å². The number of nitrogens with one attached hydrogen (secondary N) is 1. The second kappa shape index (κ2) is 8.70. The number of carbonyl (C=O) groups is 1. The Bertz CT molecular complexity index is 1170. The first-order valence-electron chi connectivity index (χ1n) is 9.63. The minimum Gasteiger partial charge on any atom is -0.497 e. The van der Waals surface area contributed by atoms with Crippen molar-refractivity contribution < 1.29 is 17.9 Å². The van der Waals surface area contributed by atoms with Crippen molar-refractivity contribution in [3.05, 3.63) is 65.3 Å². The number of halogens is 1. The van der Waals surface area contributed by atoms with E-state index in [1.807, 2.05) is 24.3 Å². The standard InChI is InChI=1S/C21H21ClN4O4S/c1-30-17-6-2-15(3-7-17)19-14-20(24-23-19)21(27)25-10-12-26(13-11-25)31(28,29)18-8-4-16(22)5-9-18/h2-9,14H,10-13H2,1H3,(H,23,24). The lowest BCUT2D eigenvalue weighted by Crippen LogP contribution is -2.50. The molecule has 10 heteroatoms. The summed E-state index contributed by atoms with van der Waals surface area (Å²) in [7, 11) is -2.03. The van der Waals surface area contributed by atoms with Crippen LogP contribution < -0.4 is 4.74 Å². The Morgan fingerprint density at radius 3 is 2.29 bits per heavy atom. The molecule has 0 bridgehead atoms. The summed E-state index contributed by atoms with van der Waals surface area (Å²) in [6, 6.07) is 15.1. The molecule has 1 amide bonds. The van der Waals surface area contributed by atoms with E-state index in [0.29, 0.717) is 29.5 Å². The molecule has 0 aliphatic carbocycles. The molecule has 8 nitrogen and oxygen atoms in total. The molecule has 1 saturated heterocycles. The number of benzene rings is 2. The summed E-state index contributed by atoms with van der Waals surface area (Å²) in [6.07, 6.45) is 0. The van der Waals surface area contributed by atoms with Crippen LogP contribution in [0.15, 0.2) is 59.5 Å². The molecule has 1 fully saturated rings. The summed E-state index contributed by atoms with van der Waals surface area (Å²) in [5, 5.41) is 7.49. The van der Waals surface area contributed by atoms with Crippen molar-refractivity contribution in [3.63, 3.8) is 0 Å². The van der Waals surface area contributed by atoms with Crippen molar-refractivity contribution in [2.75, 3.05) is 33.3 Å². The van der Waals surface area contributed by atoms with Crippen molar-refractivity contribution >= 4 is 27.5 Å². The van der Waals surface area contributed by atoms with Gasteiger partial charge in [-0.25, -0.2) is 8.42 Å². The average molecular weight is 461 g/mol. The summed E-state index contributed by atoms with van der Waals surface area (Å²) >= 11 is 5.85. The number of aromatic nitrogens is 2. The van der Waals surface area contributed by atoms with E-state index < -0.39 is 10.0 Å². The summed E-state index contributed by atoms with van der Waals surface area (Å²) < 4.78 is 32.1. The minimum absolute atomic E-state index is 0.189. The lowest BCUT2D eigenvalue weighted by Gasteiger charge is -2.33. The number of sulfonamides is 1. The molecule has 1 aliphatic rings. The van der Waals surface area contributed by atoms with Gasteiger partial charge in [0, 0.05) is 36.8 Å². The number of amides is 1. The fraction of sp³-hybridized carbons (Fsp3) is 0.238. The molecule has 3 aromatic rings. The first kappa shape index (κ1) is 21.4. The molecule has 0 spiro atoms. The molecule has 31 heavy (non-hydrogen) atoms. The van der Waals surface area contributed by atoms with Gasteiger partial charge in [0.05, 0.1) is 17.7 Å². The Balaban J connectivity index is 1.41. The molecule has 0 atom stereocenters. The zero-order valence-electron chi connectivity index (χ0n) is 16.8.